The molecule has 4 aromatic rings. The van der Waals surface area contributed by atoms with Crippen molar-refractivity contribution in [3.8, 4) is 5.88 Å². The van der Waals surface area contributed by atoms with Crippen molar-refractivity contribution in [1.82, 2.24) is 14.9 Å². The molecule has 3 aromatic carbocycles. The SMILES string of the molecule is CC1CCNC(C(=O)Oc2cn(C(c3ccccc3)(c3ccccc3)c3ccccc3)cn2)C1. The van der Waals surface area contributed by atoms with Crippen LogP contribution in [0.1, 0.15) is 36.5 Å². The second-order valence-corrected chi connectivity index (χ2v) is 8.99. The van der Waals surface area contributed by atoms with Crippen LogP contribution < -0.4 is 10.1 Å². The maximum atomic E-state index is 12.8. The van der Waals surface area contributed by atoms with Gasteiger partial charge >= 0.3 is 5.97 Å². The number of nitrogens with one attached hydrogen (secondary N) is 1. The number of piperidine rings is 1. The Hall–Kier alpha value is -3.70. The topological polar surface area (TPSA) is 56.1 Å². The van der Waals surface area contributed by atoms with Crippen molar-refractivity contribution in [2.24, 2.45) is 5.92 Å². The molecule has 1 fully saturated rings. The first-order valence-electron chi connectivity index (χ1n) is 11.8. The van der Waals surface area contributed by atoms with Crippen molar-refractivity contribution < 1.29 is 9.53 Å². The minimum absolute atomic E-state index is 0.276. The predicted octanol–water partition coefficient (Wildman–Crippen LogP) is 5.02. The predicted molar refractivity (Wildman–Crippen MR) is 133 cm³/mol. The van der Waals surface area contributed by atoms with Crippen molar-refractivity contribution >= 4 is 5.97 Å². The van der Waals surface area contributed by atoms with E-state index in [2.05, 4.69) is 53.6 Å². The van der Waals surface area contributed by atoms with Gasteiger partial charge < -0.3 is 14.6 Å². The molecule has 2 atom stereocenters. The van der Waals surface area contributed by atoms with Crippen LogP contribution in [0.3, 0.4) is 0 Å². The molecule has 1 aliphatic rings. The van der Waals surface area contributed by atoms with E-state index in [9.17, 15) is 4.79 Å². The molecule has 1 aromatic heterocycles. The number of nitrogens with zero attached hydrogens (tertiary/aromatic N) is 2. The zero-order valence-corrected chi connectivity index (χ0v) is 19.3. The monoisotopic (exact) mass is 451 g/mol. The van der Waals surface area contributed by atoms with Crippen molar-refractivity contribution in [2.45, 2.75) is 31.3 Å². The van der Waals surface area contributed by atoms with E-state index < -0.39 is 5.54 Å². The summed E-state index contributed by atoms with van der Waals surface area (Å²) in [6.07, 6.45) is 5.44. The number of ether oxygens (including phenoxy) is 1. The van der Waals surface area contributed by atoms with E-state index >= 15 is 0 Å². The number of esters is 1. The molecular weight excluding hydrogens is 422 g/mol. The number of benzene rings is 3. The summed E-state index contributed by atoms with van der Waals surface area (Å²) >= 11 is 0. The van der Waals surface area contributed by atoms with Crippen LogP contribution in [0, 0.1) is 5.92 Å². The normalized spacial score (nSPS) is 18.4. The number of aromatic nitrogens is 2. The van der Waals surface area contributed by atoms with Gasteiger partial charge in [-0.15, -0.1) is 0 Å². The maximum absolute atomic E-state index is 12.8. The Morgan fingerprint density at radius 1 is 0.912 bits per heavy atom. The highest BCUT2D eigenvalue weighted by atomic mass is 16.5. The van der Waals surface area contributed by atoms with Crippen LogP contribution in [0.25, 0.3) is 0 Å². The summed E-state index contributed by atoms with van der Waals surface area (Å²) in [6, 6.07) is 30.8. The van der Waals surface area contributed by atoms with Gasteiger partial charge in [-0.25, -0.2) is 9.78 Å². The van der Waals surface area contributed by atoms with Crippen LogP contribution in [0.2, 0.25) is 0 Å². The highest BCUT2D eigenvalue weighted by Crippen LogP contribution is 2.41. The van der Waals surface area contributed by atoms with Gasteiger partial charge in [0.05, 0.1) is 6.20 Å². The molecular formula is C29H29N3O2. The van der Waals surface area contributed by atoms with Crippen molar-refractivity contribution in [2.75, 3.05) is 6.54 Å². The smallest absolute Gasteiger partial charge is 0.329 e. The summed E-state index contributed by atoms with van der Waals surface area (Å²) < 4.78 is 7.80. The minimum atomic E-state index is -0.682. The lowest BCUT2D eigenvalue weighted by molar-refractivity contribution is -0.138. The lowest BCUT2D eigenvalue weighted by Gasteiger charge is -2.37. The van der Waals surface area contributed by atoms with E-state index in [4.69, 9.17) is 4.74 Å². The highest BCUT2D eigenvalue weighted by Gasteiger charge is 2.38. The summed E-state index contributed by atoms with van der Waals surface area (Å²) in [5, 5.41) is 3.27. The maximum Gasteiger partial charge on any atom is 0.329 e. The summed E-state index contributed by atoms with van der Waals surface area (Å²) in [6.45, 7) is 3.00. The van der Waals surface area contributed by atoms with Crippen molar-refractivity contribution in [1.29, 1.82) is 0 Å². The van der Waals surface area contributed by atoms with Gasteiger partial charge in [-0.1, -0.05) is 97.9 Å². The van der Waals surface area contributed by atoms with Gasteiger partial charge in [0.2, 0.25) is 5.88 Å². The van der Waals surface area contributed by atoms with E-state index in [-0.39, 0.29) is 12.0 Å². The van der Waals surface area contributed by atoms with Crippen LogP contribution in [-0.4, -0.2) is 28.1 Å². The average molecular weight is 452 g/mol. The summed E-state index contributed by atoms with van der Waals surface area (Å²) in [5.74, 6) is 0.525. The van der Waals surface area contributed by atoms with Gasteiger partial charge in [0.15, 0.2) is 0 Å². The number of rotatable bonds is 6. The molecule has 5 heteroatoms. The van der Waals surface area contributed by atoms with Crippen LogP contribution >= 0.6 is 0 Å². The minimum Gasteiger partial charge on any atom is -0.405 e. The molecule has 172 valence electrons. The first-order chi connectivity index (χ1) is 16.7. The van der Waals surface area contributed by atoms with Gasteiger partial charge in [-0.2, -0.15) is 0 Å². The molecule has 0 amide bonds. The zero-order chi connectivity index (χ0) is 23.4. The third-order valence-corrected chi connectivity index (χ3v) is 6.68. The Labute approximate surface area is 200 Å². The molecule has 1 saturated heterocycles. The number of hydrogen-bond acceptors (Lipinski definition) is 4. The molecule has 1 aliphatic heterocycles. The Balaban J connectivity index is 1.60. The Bertz CT molecular complexity index is 1130. The number of hydrogen-bond donors (Lipinski definition) is 1. The van der Waals surface area contributed by atoms with E-state index in [1.165, 1.54) is 0 Å². The summed E-state index contributed by atoms with van der Waals surface area (Å²) in [5.41, 5.74) is 2.58. The molecule has 34 heavy (non-hydrogen) atoms. The van der Waals surface area contributed by atoms with Gasteiger partial charge in [-0.3, -0.25) is 0 Å². The molecule has 2 unspecified atom stereocenters. The van der Waals surface area contributed by atoms with Crippen LogP contribution in [0.15, 0.2) is 104 Å². The first kappa shape index (κ1) is 22.1. The van der Waals surface area contributed by atoms with Crippen molar-refractivity contribution in [3.05, 3.63) is 120 Å². The molecule has 0 saturated carbocycles. The fourth-order valence-corrected chi connectivity index (χ4v) is 4.99. The third-order valence-electron chi connectivity index (χ3n) is 6.68. The summed E-state index contributed by atoms with van der Waals surface area (Å²) in [7, 11) is 0. The van der Waals surface area contributed by atoms with Crippen LogP contribution in [0.5, 0.6) is 5.88 Å². The quantitative estimate of drug-likeness (QED) is 0.330. The average Bonchev–Trinajstić information content (AvgIpc) is 3.35. The molecule has 0 radical (unpaired) electrons. The molecule has 2 heterocycles. The number of carbonyl (C=O) groups is 1. The van der Waals surface area contributed by atoms with Gasteiger partial charge in [0.1, 0.15) is 17.9 Å². The molecule has 0 bridgehead atoms. The van der Waals surface area contributed by atoms with Gasteiger partial charge in [0, 0.05) is 0 Å². The second kappa shape index (κ2) is 9.65. The van der Waals surface area contributed by atoms with E-state index in [1.807, 2.05) is 65.4 Å². The first-order valence-corrected chi connectivity index (χ1v) is 11.8. The molecule has 5 nitrogen and oxygen atoms in total. The lowest BCUT2D eigenvalue weighted by Crippen LogP contribution is -2.45. The Morgan fingerprint density at radius 3 is 1.94 bits per heavy atom. The number of carbonyl (C=O) groups excluding carboxylic acids is 1. The largest absolute Gasteiger partial charge is 0.405 e. The molecule has 1 N–H and O–H groups in total. The lowest BCUT2D eigenvalue weighted by atomic mass is 9.77. The van der Waals surface area contributed by atoms with Crippen LogP contribution in [-0.2, 0) is 10.3 Å². The molecule has 0 aliphatic carbocycles. The Morgan fingerprint density at radius 2 is 1.44 bits per heavy atom. The summed E-state index contributed by atoms with van der Waals surface area (Å²) in [4.78, 5) is 17.4. The fraction of sp³-hybridized carbons (Fsp3) is 0.241. The fourth-order valence-electron chi connectivity index (χ4n) is 4.99. The van der Waals surface area contributed by atoms with Crippen LogP contribution in [0.4, 0.5) is 0 Å². The molecule has 0 spiro atoms. The molecule has 5 rings (SSSR count). The zero-order valence-electron chi connectivity index (χ0n) is 19.3. The van der Waals surface area contributed by atoms with E-state index in [1.54, 1.807) is 6.33 Å². The Kier molecular flexibility index (Phi) is 6.28. The van der Waals surface area contributed by atoms with Crippen molar-refractivity contribution in [3.63, 3.8) is 0 Å². The van der Waals surface area contributed by atoms with E-state index in [0.717, 1.165) is 36.1 Å². The third kappa shape index (κ3) is 4.15. The number of imidazole rings is 1. The highest BCUT2D eigenvalue weighted by molar-refractivity contribution is 5.78. The second-order valence-electron chi connectivity index (χ2n) is 8.99. The van der Waals surface area contributed by atoms with E-state index in [0.29, 0.717) is 11.8 Å². The van der Waals surface area contributed by atoms with Gasteiger partial charge in [-0.05, 0) is 42.0 Å². The van der Waals surface area contributed by atoms with Gasteiger partial charge in [0.25, 0.3) is 0 Å². The standard InChI is InChI=1S/C29H29N3O2/c1-22-17-18-30-26(19-22)28(33)34-27-20-32(21-31-27)29(23-11-5-2-6-12-23,24-13-7-3-8-14-24)25-15-9-4-10-16-25/h2-16,20-22,26,30H,17-19H2,1H3.